The summed E-state index contributed by atoms with van der Waals surface area (Å²) < 4.78 is 4.50. The molecule has 1 amide bonds. The Morgan fingerprint density at radius 2 is 2.33 bits per heavy atom. The maximum absolute atomic E-state index is 11.7. The molecule has 2 rings (SSSR count). The van der Waals surface area contributed by atoms with E-state index >= 15 is 0 Å². The molecule has 1 aromatic rings. The lowest BCUT2D eigenvalue weighted by Gasteiger charge is -2.14. The molecular weight excluding hydrogens is 238 g/mol. The predicted molar refractivity (Wildman–Crippen MR) is 60.9 cm³/mol. The van der Waals surface area contributed by atoms with Gasteiger partial charge in [0.25, 0.3) is 0 Å². The van der Waals surface area contributed by atoms with Crippen molar-refractivity contribution in [2.24, 2.45) is 5.92 Å². The van der Waals surface area contributed by atoms with Gasteiger partial charge in [0.15, 0.2) is 11.5 Å². The van der Waals surface area contributed by atoms with E-state index in [1.165, 1.54) is 24.1 Å². The van der Waals surface area contributed by atoms with Crippen LogP contribution in [-0.4, -0.2) is 47.4 Å². The number of carbonyl (C=O) groups excluding carboxylic acids is 2. The summed E-state index contributed by atoms with van der Waals surface area (Å²) in [5, 5.41) is 16.5. The number of anilines is 1. The monoisotopic (exact) mass is 251 g/mol. The molecule has 0 radical (unpaired) electrons. The summed E-state index contributed by atoms with van der Waals surface area (Å²) >= 11 is 0. The Labute approximate surface area is 103 Å². The van der Waals surface area contributed by atoms with Crippen LogP contribution in [-0.2, 0) is 9.53 Å². The van der Waals surface area contributed by atoms with Crippen molar-refractivity contribution in [3.05, 3.63) is 17.8 Å². The molecule has 1 saturated heterocycles. The topological polar surface area (TPSA) is 92.6 Å². The summed E-state index contributed by atoms with van der Waals surface area (Å²) in [4.78, 5) is 24.3. The summed E-state index contributed by atoms with van der Waals surface area (Å²) in [7, 11) is 1.26. The lowest BCUT2D eigenvalue weighted by atomic mass is 10.1. The van der Waals surface area contributed by atoms with Gasteiger partial charge in [0, 0.05) is 25.5 Å². The van der Waals surface area contributed by atoms with E-state index in [2.05, 4.69) is 14.9 Å². The van der Waals surface area contributed by atoms with Crippen LogP contribution in [0.4, 0.5) is 5.82 Å². The van der Waals surface area contributed by atoms with Gasteiger partial charge < -0.3 is 9.84 Å². The first-order chi connectivity index (χ1) is 8.65. The Bertz CT molecular complexity index is 460. The second-order valence-electron chi connectivity index (χ2n) is 4.03. The van der Waals surface area contributed by atoms with Gasteiger partial charge in [0.2, 0.25) is 5.91 Å². The second-order valence-corrected chi connectivity index (χ2v) is 4.03. The van der Waals surface area contributed by atoms with Gasteiger partial charge in [0.05, 0.1) is 7.11 Å². The SMILES string of the molecule is COC(=O)c1ccc(N2CC(CO)CC2=O)nn1. The number of nitrogens with zero attached hydrogens (tertiary/aromatic N) is 3. The first kappa shape index (κ1) is 12.4. The Morgan fingerprint density at radius 1 is 1.56 bits per heavy atom. The van der Waals surface area contributed by atoms with Crippen molar-refractivity contribution < 1.29 is 19.4 Å². The number of aliphatic hydroxyl groups excluding tert-OH is 1. The van der Waals surface area contributed by atoms with Crippen molar-refractivity contribution in [2.75, 3.05) is 25.2 Å². The van der Waals surface area contributed by atoms with Gasteiger partial charge in [-0.25, -0.2) is 4.79 Å². The largest absolute Gasteiger partial charge is 0.464 e. The molecule has 2 heterocycles. The standard InChI is InChI=1S/C11H13N3O4/c1-18-11(17)8-2-3-9(13-12-8)14-5-7(6-15)4-10(14)16/h2-3,7,15H,4-6H2,1H3. The van der Waals surface area contributed by atoms with Crippen LogP contribution < -0.4 is 4.90 Å². The number of rotatable bonds is 3. The summed E-state index contributed by atoms with van der Waals surface area (Å²) in [5.74, 6) is -0.368. The molecule has 7 nitrogen and oxygen atoms in total. The minimum absolute atomic E-state index is 0.0318. The molecule has 0 bridgehead atoms. The van der Waals surface area contributed by atoms with Gasteiger partial charge in [-0.15, -0.1) is 10.2 Å². The first-order valence-corrected chi connectivity index (χ1v) is 5.49. The molecular formula is C11H13N3O4. The Kier molecular flexibility index (Phi) is 3.52. The van der Waals surface area contributed by atoms with Crippen molar-refractivity contribution in [2.45, 2.75) is 6.42 Å². The lowest BCUT2D eigenvalue weighted by molar-refractivity contribution is -0.117. The molecule has 7 heteroatoms. The molecule has 0 aromatic carbocycles. The van der Waals surface area contributed by atoms with Crippen molar-refractivity contribution in [1.29, 1.82) is 0 Å². The molecule has 1 fully saturated rings. The number of hydrogen-bond acceptors (Lipinski definition) is 6. The van der Waals surface area contributed by atoms with E-state index in [1.54, 1.807) is 0 Å². The van der Waals surface area contributed by atoms with E-state index < -0.39 is 5.97 Å². The third-order valence-corrected chi connectivity index (χ3v) is 2.78. The van der Waals surface area contributed by atoms with Gasteiger partial charge in [-0.2, -0.15) is 0 Å². The highest BCUT2D eigenvalue weighted by Crippen LogP contribution is 2.22. The minimum Gasteiger partial charge on any atom is -0.464 e. The van der Waals surface area contributed by atoms with E-state index in [1.807, 2.05) is 0 Å². The number of aromatic nitrogens is 2. The average Bonchev–Trinajstić information content (AvgIpc) is 2.79. The van der Waals surface area contributed by atoms with Gasteiger partial charge in [-0.05, 0) is 12.1 Å². The third kappa shape index (κ3) is 2.30. The first-order valence-electron chi connectivity index (χ1n) is 5.49. The summed E-state index contributed by atoms with van der Waals surface area (Å²) in [6.07, 6.45) is 0.303. The molecule has 1 aliphatic heterocycles. The van der Waals surface area contributed by atoms with E-state index in [-0.39, 0.29) is 24.1 Å². The van der Waals surface area contributed by atoms with Gasteiger partial charge in [-0.3, -0.25) is 9.69 Å². The van der Waals surface area contributed by atoms with Gasteiger partial charge in [-0.1, -0.05) is 0 Å². The lowest BCUT2D eigenvalue weighted by Crippen LogP contribution is -2.26. The molecule has 0 aliphatic carbocycles. The molecule has 18 heavy (non-hydrogen) atoms. The quantitative estimate of drug-likeness (QED) is 0.735. The van der Waals surface area contributed by atoms with E-state index in [4.69, 9.17) is 5.11 Å². The van der Waals surface area contributed by atoms with Crippen LogP contribution in [0.2, 0.25) is 0 Å². The summed E-state index contributed by atoms with van der Waals surface area (Å²) in [6.45, 7) is 0.386. The highest BCUT2D eigenvalue weighted by Gasteiger charge is 2.31. The third-order valence-electron chi connectivity index (χ3n) is 2.78. The van der Waals surface area contributed by atoms with Crippen molar-refractivity contribution in [3.63, 3.8) is 0 Å². The smallest absolute Gasteiger partial charge is 0.358 e. The van der Waals surface area contributed by atoms with Crippen LogP contribution in [0.1, 0.15) is 16.9 Å². The van der Waals surface area contributed by atoms with Crippen LogP contribution in [0.5, 0.6) is 0 Å². The molecule has 96 valence electrons. The Balaban J connectivity index is 2.15. The van der Waals surface area contributed by atoms with Gasteiger partial charge >= 0.3 is 5.97 Å². The predicted octanol–water partition coefficient (Wildman–Crippen LogP) is -0.392. The minimum atomic E-state index is -0.574. The fourth-order valence-corrected chi connectivity index (χ4v) is 1.81. The zero-order chi connectivity index (χ0) is 13.1. The van der Waals surface area contributed by atoms with E-state index in [9.17, 15) is 9.59 Å². The van der Waals surface area contributed by atoms with E-state index in [0.717, 1.165) is 0 Å². The normalized spacial score (nSPS) is 19.1. The number of carbonyl (C=O) groups is 2. The molecule has 0 saturated carbocycles. The maximum Gasteiger partial charge on any atom is 0.358 e. The number of ether oxygens (including phenoxy) is 1. The molecule has 1 aromatic heterocycles. The second kappa shape index (κ2) is 5.09. The molecule has 1 atom stereocenters. The summed E-state index contributed by atoms with van der Waals surface area (Å²) in [5.41, 5.74) is 0.0894. The van der Waals surface area contributed by atoms with Crippen LogP contribution in [0, 0.1) is 5.92 Å². The zero-order valence-corrected chi connectivity index (χ0v) is 9.87. The van der Waals surface area contributed by atoms with Crippen LogP contribution >= 0.6 is 0 Å². The number of esters is 1. The van der Waals surface area contributed by atoms with Crippen LogP contribution in [0.15, 0.2) is 12.1 Å². The number of aliphatic hydroxyl groups is 1. The number of methoxy groups -OCH3 is 1. The molecule has 1 aliphatic rings. The van der Waals surface area contributed by atoms with E-state index in [0.29, 0.717) is 18.8 Å². The number of amides is 1. The van der Waals surface area contributed by atoms with Crippen molar-refractivity contribution >= 4 is 17.7 Å². The van der Waals surface area contributed by atoms with Crippen LogP contribution in [0.3, 0.4) is 0 Å². The fraction of sp³-hybridized carbons (Fsp3) is 0.455. The highest BCUT2D eigenvalue weighted by atomic mass is 16.5. The average molecular weight is 251 g/mol. The Hall–Kier alpha value is -2.02. The Morgan fingerprint density at radius 3 is 2.83 bits per heavy atom. The highest BCUT2D eigenvalue weighted by molar-refractivity contribution is 5.95. The molecule has 1 unspecified atom stereocenters. The van der Waals surface area contributed by atoms with Gasteiger partial charge in [0.1, 0.15) is 0 Å². The number of hydrogen-bond donors (Lipinski definition) is 1. The summed E-state index contributed by atoms with van der Waals surface area (Å²) in [6, 6.07) is 2.99. The van der Waals surface area contributed by atoms with Crippen LogP contribution in [0.25, 0.3) is 0 Å². The van der Waals surface area contributed by atoms with Crippen molar-refractivity contribution in [3.8, 4) is 0 Å². The van der Waals surface area contributed by atoms with Crippen molar-refractivity contribution in [1.82, 2.24) is 10.2 Å². The molecule has 1 N–H and O–H groups in total. The maximum atomic E-state index is 11.7. The molecule has 0 spiro atoms. The zero-order valence-electron chi connectivity index (χ0n) is 9.87. The fourth-order valence-electron chi connectivity index (χ4n) is 1.81.